The highest BCUT2D eigenvalue weighted by molar-refractivity contribution is 6.31. The first-order valence-corrected chi connectivity index (χ1v) is 6.87. The largest absolute Gasteiger partial charge is 0.481 e. The summed E-state index contributed by atoms with van der Waals surface area (Å²) in [4.78, 5) is 0. The van der Waals surface area contributed by atoms with Crippen LogP contribution in [0.2, 0.25) is 10.0 Å². The average Bonchev–Trinajstić information content (AvgIpc) is 2.38. The first-order chi connectivity index (χ1) is 9.13. The summed E-state index contributed by atoms with van der Waals surface area (Å²) in [5.41, 5.74) is 2.02. The molecule has 19 heavy (non-hydrogen) atoms. The monoisotopic (exact) mass is 293 g/mol. The van der Waals surface area contributed by atoms with E-state index in [1.54, 1.807) is 0 Å². The van der Waals surface area contributed by atoms with Crippen LogP contribution in [0.1, 0.15) is 18.6 Å². The van der Waals surface area contributed by atoms with Crippen LogP contribution < -0.4 is 10.1 Å². The molecule has 2 unspecified atom stereocenters. The van der Waals surface area contributed by atoms with E-state index < -0.39 is 0 Å². The predicted octanol–water partition coefficient (Wildman–Crippen LogP) is 4.93. The van der Waals surface area contributed by atoms with Gasteiger partial charge >= 0.3 is 0 Å². The summed E-state index contributed by atoms with van der Waals surface area (Å²) in [6.45, 7) is 2.09. The quantitative estimate of drug-likeness (QED) is 0.805. The molecule has 0 saturated heterocycles. The minimum absolute atomic E-state index is 0.0790. The number of benzene rings is 2. The van der Waals surface area contributed by atoms with Gasteiger partial charge in [0.1, 0.15) is 11.9 Å². The summed E-state index contributed by atoms with van der Waals surface area (Å²) in [6.07, 6.45) is -0.0790. The number of hydrogen-bond donors (Lipinski definition) is 1. The van der Waals surface area contributed by atoms with E-state index in [9.17, 15) is 0 Å². The Kier molecular flexibility index (Phi) is 3.29. The second kappa shape index (κ2) is 4.95. The molecule has 2 nitrogen and oxygen atoms in total. The lowest BCUT2D eigenvalue weighted by atomic mass is 10.0. The molecule has 1 aliphatic heterocycles. The molecule has 0 fully saturated rings. The fourth-order valence-corrected chi connectivity index (χ4v) is 2.67. The Morgan fingerprint density at radius 3 is 2.63 bits per heavy atom. The molecule has 0 spiro atoms. The van der Waals surface area contributed by atoms with Crippen molar-refractivity contribution in [3.05, 3.63) is 58.1 Å². The number of hydrogen-bond acceptors (Lipinski definition) is 2. The molecule has 0 saturated carbocycles. The standard InChI is InChI=1S/C15H13Cl2NO/c1-9-15(10-3-2-4-11(16)7-10)19-14-8-12(17)5-6-13(14)18-9/h2-9,15,18H,1H3. The first-order valence-electron chi connectivity index (χ1n) is 6.12. The van der Waals surface area contributed by atoms with Crippen LogP contribution in [0.5, 0.6) is 5.75 Å². The molecule has 0 amide bonds. The highest BCUT2D eigenvalue weighted by atomic mass is 35.5. The van der Waals surface area contributed by atoms with Crippen LogP contribution in [0.25, 0.3) is 0 Å². The molecule has 1 N–H and O–H groups in total. The van der Waals surface area contributed by atoms with Gasteiger partial charge in [-0.05, 0) is 36.8 Å². The summed E-state index contributed by atoms with van der Waals surface area (Å²) in [7, 11) is 0. The van der Waals surface area contributed by atoms with Gasteiger partial charge in [-0.2, -0.15) is 0 Å². The van der Waals surface area contributed by atoms with Gasteiger partial charge in [0.15, 0.2) is 0 Å². The van der Waals surface area contributed by atoms with Gasteiger partial charge < -0.3 is 10.1 Å². The number of rotatable bonds is 1. The van der Waals surface area contributed by atoms with Crippen molar-refractivity contribution in [1.82, 2.24) is 0 Å². The highest BCUT2D eigenvalue weighted by Crippen LogP contribution is 2.39. The third-order valence-electron chi connectivity index (χ3n) is 3.21. The summed E-state index contributed by atoms with van der Waals surface area (Å²) >= 11 is 12.0. The molecule has 2 aromatic rings. The second-order valence-electron chi connectivity index (χ2n) is 4.67. The van der Waals surface area contributed by atoms with Gasteiger partial charge in [-0.15, -0.1) is 0 Å². The third kappa shape index (κ3) is 2.51. The summed E-state index contributed by atoms with van der Waals surface area (Å²) in [5.74, 6) is 0.774. The van der Waals surface area contributed by atoms with Crippen molar-refractivity contribution in [2.24, 2.45) is 0 Å². The fraction of sp³-hybridized carbons (Fsp3) is 0.200. The fourth-order valence-electron chi connectivity index (χ4n) is 2.31. The van der Waals surface area contributed by atoms with E-state index in [4.69, 9.17) is 27.9 Å². The normalized spacial score (nSPS) is 21.2. The molecule has 2 atom stereocenters. The Bertz CT molecular complexity index is 615. The molecule has 1 aliphatic rings. The van der Waals surface area contributed by atoms with Crippen LogP contribution in [0, 0.1) is 0 Å². The van der Waals surface area contributed by atoms with Crippen molar-refractivity contribution in [3.8, 4) is 5.75 Å². The molecule has 4 heteroatoms. The summed E-state index contributed by atoms with van der Waals surface area (Å²) in [6, 6.07) is 13.5. The molecular weight excluding hydrogens is 281 g/mol. The zero-order valence-electron chi connectivity index (χ0n) is 10.4. The topological polar surface area (TPSA) is 21.3 Å². The number of anilines is 1. The van der Waals surface area contributed by atoms with Crippen LogP contribution in [-0.2, 0) is 0 Å². The maximum atomic E-state index is 6.06. The van der Waals surface area contributed by atoms with E-state index in [1.165, 1.54) is 0 Å². The number of ether oxygens (including phenoxy) is 1. The molecule has 0 bridgehead atoms. The van der Waals surface area contributed by atoms with Crippen LogP contribution in [-0.4, -0.2) is 6.04 Å². The lowest BCUT2D eigenvalue weighted by molar-refractivity contribution is 0.177. The lowest BCUT2D eigenvalue weighted by Crippen LogP contribution is -2.32. The summed E-state index contributed by atoms with van der Waals surface area (Å²) in [5, 5.41) is 4.81. The van der Waals surface area contributed by atoms with E-state index in [2.05, 4.69) is 12.2 Å². The Labute approximate surface area is 122 Å². The molecule has 1 heterocycles. The molecule has 0 aliphatic carbocycles. The van der Waals surface area contributed by atoms with E-state index in [-0.39, 0.29) is 12.1 Å². The highest BCUT2D eigenvalue weighted by Gasteiger charge is 2.27. The first kappa shape index (κ1) is 12.6. The van der Waals surface area contributed by atoms with Crippen molar-refractivity contribution in [1.29, 1.82) is 0 Å². The van der Waals surface area contributed by atoms with Gasteiger partial charge in [0.2, 0.25) is 0 Å². The van der Waals surface area contributed by atoms with Gasteiger partial charge in [-0.3, -0.25) is 0 Å². The van der Waals surface area contributed by atoms with Crippen LogP contribution in [0.15, 0.2) is 42.5 Å². The SMILES string of the molecule is CC1Nc2ccc(Cl)cc2OC1c1cccc(Cl)c1. The molecule has 3 rings (SSSR count). The molecule has 2 aromatic carbocycles. The third-order valence-corrected chi connectivity index (χ3v) is 3.68. The lowest BCUT2D eigenvalue weighted by Gasteiger charge is -2.33. The average molecular weight is 294 g/mol. The number of fused-ring (bicyclic) bond motifs is 1. The van der Waals surface area contributed by atoms with Crippen molar-refractivity contribution in [2.45, 2.75) is 19.1 Å². The van der Waals surface area contributed by atoms with Gasteiger partial charge in [-0.25, -0.2) is 0 Å². The van der Waals surface area contributed by atoms with Crippen LogP contribution in [0.3, 0.4) is 0 Å². The molecular formula is C15H13Cl2NO. The Morgan fingerprint density at radius 2 is 1.84 bits per heavy atom. The number of nitrogens with one attached hydrogen (secondary N) is 1. The van der Waals surface area contributed by atoms with Crippen molar-refractivity contribution < 1.29 is 4.74 Å². The predicted molar refractivity (Wildman–Crippen MR) is 79.4 cm³/mol. The summed E-state index contributed by atoms with van der Waals surface area (Å²) < 4.78 is 6.06. The molecule has 0 radical (unpaired) electrons. The Balaban J connectivity index is 1.97. The second-order valence-corrected chi connectivity index (χ2v) is 5.54. The van der Waals surface area contributed by atoms with Gasteiger partial charge in [0, 0.05) is 16.1 Å². The van der Waals surface area contributed by atoms with Gasteiger partial charge in [0.25, 0.3) is 0 Å². The maximum absolute atomic E-state index is 6.06. The smallest absolute Gasteiger partial charge is 0.144 e. The van der Waals surface area contributed by atoms with E-state index in [0.29, 0.717) is 10.0 Å². The van der Waals surface area contributed by atoms with Crippen LogP contribution >= 0.6 is 23.2 Å². The van der Waals surface area contributed by atoms with Crippen molar-refractivity contribution in [2.75, 3.05) is 5.32 Å². The van der Waals surface area contributed by atoms with Crippen LogP contribution in [0.4, 0.5) is 5.69 Å². The zero-order valence-corrected chi connectivity index (χ0v) is 11.9. The maximum Gasteiger partial charge on any atom is 0.144 e. The molecule has 0 aromatic heterocycles. The molecule has 98 valence electrons. The Morgan fingerprint density at radius 1 is 1.05 bits per heavy atom. The van der Waals surface area contributed by atoms with E-state index in [0.717, 1.165) is 17.0 Å². The van der Waals surface area contributed by atoms with Crippen molar-refractivity contribution in [3.63, 3.8) is 0 Å². The zero-order chi connectivity index (χ0) is 13.4. The Hall–Kier alpha value is -1.38. The minimum atomic E-state index is -0.0790. The number of halogens is 2. The van der Waals surface area contributed by atoms with Gasteiger partial charge in [-0.1, -0.05) is 35.3 Å². The minimum Gasteiger partial charge on any atom is -0.481 e. The van der Waals surface area contributed by atoms with E-state index in [1.807, 2.05) is 42.5 Å². The van der Waals surface area contributed by atoms with Crippen molar-refractivity contribution >= 4 is 28.9 Å². The van der Waals surface area contributed by atoms with E-state index >= 15 is 0 Å². The van der Waals surface area contributed by atoms with Gasteiger partial charge in [0.05, 0.1) is 11.7 Å².